The molecule has 0 bridgehead atoms. The smallest absolute Gasteiger partial charge is 0.251 e. The van der Waals surface area contributed by atoms with Crippen LogP contribution in [0.2, 0.25) is 0 Å². The van der Waals surface area contributed by atoms with Crippen LogP contribution in [-0.4, -0.2) is 52.0 Å². The maximum absolute atomic E-state index is 12.5. The van der Waals surface area contributed by atoms with Crippen LogP contribution in [0.15, 0.2) is 24.3 Å². The fourth-order valence-electron chi connectivity index (χ4n) is 2.79. The largest absolute Gasteiger partial charge is 0.379 e. The minimum atomic E-state index is -3.33. The SMILES string of the molecule is CCS(=O)(=O)Nc1ccc(C(=O)N[C@@H]2COCC[C@@H]2OCC2CC2)cc1. The maximum atomic E-state index is 12.5. The lowest BCUT2D eigenvalue weighted by Crippen LogP contribution is -2.50. The quantitative estimate of drug-likeness (QED) is 0.715. The molecule has 0 spiro atoms. The van der Waals surface area contributed by atoms with E-state index in [1.54, 1.807) is 31.2 Å². The summed E-state index contributed by atoms with van der Waals surface area (Å²) in [5, 5.41) is 2.98. The van der Waals surface area contributed by atoms with Gasteiger partial charge in [0.25, 0.3) is 5.91 Å². The second-order valence-electron chi connectivity index (χ2n) is 6.84. The first-order valence-electron chi connectivity index (χ1n) is 9.07. The van der Waals surface area contributed by atoms with Crippen molar-refractivity contribution in [3.05, 3.63) is 29.8 Å². The number of hydrogen-bond acceptors (Lipinski definition) is 5. The summed E-state index contributed by atoms with van der Waals surface area (Å²) in [4.78, 5) is 12.5. The summed E-state index contributed by atoms with van der Waals surface area (Å²) < 4.78 is 37.1. The minimum Gasteiger partial charge on any atom is -0.379 e. The number of amides is 1. The highest BCUT2D eigenvalue weighted by Crippen LogP contribution is 2.30. The summed E-state index contributed by atoms with van der Waals surface area (Å²) in [6.07, 6.45) is 3.21. The Morgan fingerprint density at radius 3 is 2.62 bits per heavy atom. The average molecular weight is 382 g/mol. The first kappa shape index (κ1) is 19.1. The summed E-state index contributed by atoms with van der Waals surface area (Å²) in [5.41, 5.74) is 0.908. The van der Waals surface area contributed by atoms with Gasteiger partial charge in [0.1, 0.15) is 0 Å². The molecule has 2 aliphatic rings. The monoisotopic (exact) mass is 382 g/mol. The Hall–Kier alpha value is -1.64. The predicted octanol–water partition coefficient (Wildman–Crippen LogP) is 1.76. The number of carbonyl (C=O) groups is 1. The van der Waals surface area contributed by atoms with Crippen LogP contribution >= 0.6 is 0 Å². The molecule has 1 aromatic carbocycles. The molecule has 1 aliphatic heterocycles. The highest BCUT2D eigenvalue weighted by atomic mass is 32.2. The fraction of sp³-hybridized carbons (Fsp3) is 0.611. The summed E-state index contributed by atoms with van der Waals surface area (Å²) in [6, 6.07) is 6.20. The van der Waals surface area contributed by atoms with Crippen molar-refractivity contribution in [2.75, 3.05) is 30.3 Å². The molecular weight excluding hydrogens is 356 g/mol. The number of nitrogens with one attached hydrogen (secondary N) is 2. The first-order chi connectivity index (χ1) is 12.5. The van der Waals surface area contributed by atoms with E-state index >= 15 is 0 Å². The van der Waals surface area contributed by atoms with Gasteiger partial charge in [-0.3, -0.25) is 9.52 Å². The van der Waals surface area contributed by atoms with Crippen LogP contribution in [0, 0.1) is 5.92 Å². The van der Waals surface area contributed by atoms with E-state index < -0.39 is 10.0 Å². The van der Waals surface area contributed by atoms with Crippen LogP contribution in [0.3, 0.4) is 0 Å². The third-order valence-corrected chi connectivity index (χ3v) is 5.96. The summed E-state index contributed by atoms with van der Waals surface area (Å²) in [6.45, 7) is 3.41. The third kappa shape index (κ3) is 5.43. The van der Waals surface area contributed by atoms with Gasteiger partial charge in [-0.05, 0) is 56.4 Å². The van der Waals surface area contributed by atoms with Gasteiger partial charge >= 0.3 is 0 Å². The molecule has 0 unspecified atom stereocenters. The lowest BCUT2D eigenvalue weighted by molar-refractivity contribution is -0.0567. The number of hydrogen-bond donors (Lipinski definition) is 2. The Morgan fingerprint density at radius 1 is 1.23 bits per heavy atom. The number of anilines is 1. The van der Waals surface area contributed by atoms with E-state index in [-0.39, 0.29) is 23.8 Å². The zero-order chi connectivity index (χ0) is 18.6. The molecule has 2 fully saturated rings. The topological polar surface area (TPSA) is 93.7 Å². The van der Waals surface area contributed by atoms with Gasteiger partial charge in [-0.15, -0.1) is 0 Å². The zero-order valence-electron chi connectivity index (χ0n) is 14.9. The Kier molecular flexibility index (Phi) is 6.16. The van der Waals surface area contributed by atoms with E-state index in [1.807, 2.05) is 0 Å². The minimum absolute atomic E-state index is 0.000830. The van der Waals surface area contributed by atoms with E-state index in [0.717, 1.165) is 13.0 Å². The molecule has 1 aliphatic carbocycles. The Balaban J connectivity index is 1.57. The van der Waals surface area contributed by atoms with E-state index in [0.29, 0.717) is 30.4 Å². The molecule has 2 N–H and O–H groups in total. The molecule has 1 saturated heterocycles. The standard InChI is InChI=1S/C18H26N2O5S/c1-2-26(22,23)20-15-7-5-14(6-8-15)18(21)19-16-12-24-10-9-17(16)25-11-13-3-4-13/h5-8,13,16-17,20H,2-4,9-12H2,1H3,(H,19,21)/t16-,17+/m1/s1. The lowest BCUT2D eigenvalue weighted by Gasteiger charge is -2.32. The molecule has 3 rings (SSSR count). The number of rotatable bonds is 8. The van der Waals surface area contributed by atoms with Crippen molar-refractivity contribution in [1.29, 1.82) is 0 Å². The van der Waals surface area contributed by atoms with Gasteiger partial charge in [-0.1, -0.05) is 0 Å². The molecule has 144 valence electrons. The van der Waals surface area contributed by atoms with Crippen LogP contribution < -0.4 is 10.0 Å². The molecule has 0 aromatic heterocycles. The summed E-state index contributed by atoms with van der Waals surface area (Å²) >= 11 is 0. The Bertz CT molecular complexity index is 716. The zero-order valence-corrected chi connectivity index (χ0v) is 15.8. The van der Waals surface area contributed by atoms with Crippen molar-refractivity contribution in [2.45, 2.75) is 38.3 Å². The molecule has 8 heteroatoms. The molecular formula is C18H26N2O5S. The average Bonchev–Trinajstić information content (AvgIpc) is 3.46. The molecule has 1 aromatic rings. The van der Waals surface area contributed by atoms with E-state index in [9.17, 15) is 13.2 Å². The highest BCUT2D eigenvalue weighted by Gasteiger charge is 2.30. The summed E-state index contributed by atoms with van der Waals surface area (Å²) in [7, 11) is -3.33. The van der Waals surface area contributed by atoms with Gasteiger partial charge in [-0.2, -0.15) is 0 Å². The first-order valence-corrected chi connectivity index (χ1v) is 10.7. The van der Waals surface area contributed by atoms with Crippen molar-refractivity contribution < 1.29 is 22.7 Å². The highest BCUT2D eigenvalue weighted by molar-refractivity contribution is 7.92. The van der Waals surface area contributed by atoms with E-state index in [2.05, 4.69) is 10.0 Å². The van der Waals surface area contributed by atoms with Crippen LogP contribution in [0.4, 0.5) is 5.69 Å². The van der Waals surface area contributed by atoms with Crippen molar-refractivity contribution in [2.24, 2.45) is 5.92 Å². The van der Waals surface area contributed by atoms with Crippen LogP contribution in [0.5, 0.6) is 0 Å². The Morgan fingerprint density at radius 2 is 1.96 bits per heavy atom. The predicted molar refractivity (Wildman–Crippen MR) is 98.7 cm³/mol. The van der Waals surface area contributed by atoms with E-state index in [1.165, 1.54) is 12.8 Å². The molecule has 0 radical (unpaired) electrons. The van der Waals surface area contributed by atoms with Crippen molar-refractivity contribution in [3.63, 3.8) is 0 Å². The molecule has 1 heterocycles. The van der Waals surface area contributed by atoms with Crippen LogP contribution in [-0.2, 0) is 19.5 Å². The molecule has 1 amide bonds. The number of carbonyl (C=O) groups excluding carboxylic acids is 1. The van der Waals surface area contributed by atoms with Crippen LogP contribution in [0.25, 0.3) is 0 Å². The molecule has 7 nitrogen and oxygen atoms in total. The number of sulfonamides is 1. The van der Waals surface area contributed by atoms with Gasteiger partial charge in [0.15, 0.2) is 0 Å². The fourth-order valence-corrected chi connectivity index (χ4v) is 3.43. The van der Waals surface area contributed by atoms with E-state index in [4.69, 9.17) is 9.47 Å². The second kappa shape index (κ2) is 8.37. The second-order valence-corrected chi connectivity index (χ2v) is 8.85. The van der Waals surface area contributed by atoms with Gasteiger partial charge < -0.3 is 14.8 Å². The molecule has 2 atom stereocenters. The molecule has 1 saturated carbocycles. The number of ether oxygens (including phenoxy) is 2. The maximum Gasteiger partial charge on any atom is 0.251 e. The van der Waals surface area contributed by atoms with Crippen LogP contribution in [0.1, 0.15) is 36.5 Å². The molecule has 26 heavy (non-hydrogen) atoms. The van der Waals surface area contributed by atoms with Crippen molar-refractivity contribution in [1.82, 2.24) is 5.32 Å². The van der Waals surface area contributed by atoms with Crippen molar-refractivity contribution >= 4 is 21.6 Å². The van der Waals surface area contributed by atoms with Crippen molar-refractivity contribution in [3.8, 4) is 0 Å². The van der Waals surface area contributed by atoms with Gasteiger partial charge in [-0.25, -0.2) is 8.42 Å². The third-order valence-electron chi connectivity index (χ3n) is 4.65. The lowest BCUT2D eigenvalue weighted by atomic mass is 10.1. The normalized spacial score (nSPS) is 23.4. The van der Waals surface area contributed by atoms with Gasteiger partial charge in [0.05, 0.1) is 24.5 Å². The summed E-state index contributed by atoms with van der Waals surface area (Å²) in [5.74, 6) is 0.457. The number of benzene rings is 1. The Labute approximate surface area is 154 Å². The van der Waals surface area contributed by atoms with Gasteiger partial charge in [0, 0.05) is 24.5 Å². The van der Waals surface area contributed by atoms with Gasteiger partial charge in [0.2, 0.25) is 10.0 Å².